The Hall–Kier alpha value is -7.68. The molecule has 5 aliphatic heterocycles. The quantitative estimate of drug-likeness (QED) is 0.0152. The number of azide groups is 1. The smallest absolute Gasteiger partial charge is 1.00 e. The van der Waals surface area contributed by atoms with Crippen molar-refractivity contribution in [3.8, 4) is 0 Å². The van der Waals surface area contributed by atoms with Gasteiger partial charge in [-0.15, -0.1) is 30.3 Å². The third-order valence-electron chi connectivity index (χ3n) is 18.2. The number of halogens is 4. The summed E-state index contributed by atoms with van der Waals surface area (Å²) in [5, 5.41) is 18.3. The van der Waals surface area contributed by atoms with Crippen LogP contribution in [0.15, 0.2) is 400 Å². The molecule has 0 aliphatic carbocycles. The average molecular weight is 1820 g/mol. The number of rotatable bonds is 11. The largest absolute Gasteiger partial charge is 2.00 e. The molecule has 0 saturated heterocycles. The number of nitrogens with two attached hydrogens (primary N) is 1. The van der Waals surface area contributed by atoms with Crippen molar-refractivity contribution in [3.63, 3.8) is 0 Å². The van der Waals surface area contributed by atoms with Crippen molar-refractivity contribution in [2.75, 3.05) is 23.7 Å². The maximum atomic E-state index is 12.1. The summed E-state index contributed by atoms with van der Waals surface area (Å²) in [6.45, 7) is 11.5. The van der Waals surface area contributed by atoms with Crippen molar-refractivity contribution in [1.82, 2.24) is 0 Å². The predicted molar refractivity (Wildman–Crippen MR) is 494 cm³/mol. The second-order valence-corrected chi connectivity index (χ2v) is 33.4. The molecule has 0 radical (unpaired) electrons. The Morgan fingerprint density at radius 3 is 0.947 bits per heavy atom. The van der Waals surface area contributed by atoms with Crippen LogP contribution in [0, 0.1) is 6.92 Å². The van der Waals surface area contributed by atoms with E-state index in [-0.39, 0.29) is 57.9 Å². The summed E-state index contributed by atoms with van der Waals surface area (Å²) >= 11 is 17.8. The number of fused-ring (bicyclic) bond motifs is 12. The first-order chi connectivity index (χ1) is 54.1. The van der Waals surface area contributed by atoms with Crippen LogP contribution in [0.1, 0.15) is 87.7 Å². The monoisotopic (exact) mass is 1810 g/mol. The summed E-state index contributed by atoms with van der Waals surface area (Å²) in [5.74, 6) is 0. The Morgan fingerprint density at radius 1 is 0.416 bits per heavy atom. The van der Waals surface area contributed by atoms with Gasteiger partial charge in [0.25, 0.3) is 0 Å². The number of hydrogen-bond acceptors (Lipinski definition) is 10. The van der Waals surface area contributed by atoms with Gasteiger partial charge in [-0.3, -0.25) is 4.79 Å². The second-order valence-electron chi connectivity index (χ2n) is 25.3. The van der Waals surface area contributed by atoms with Crippen molar-refractivity contribution in [1.29, 1.82) is 0 Å². The average Bonchev–Trinajstić information content (AvgIpc) is 0.736. The summed E-state index contributed by atoms with van der Waals surface area (Å²) in [7, 11) is 0. The van der Waals surface area contributed by atoms with Gasteiger partial charge in [-0.25, -0.2) is 19.6 Å². The summed E-state index contributed by atoms with van der Waals surface area (Å²) in [6, 6.07) is 100. The number of hydrogen-bond donors (Lipinski definition) is 2. The second kappa shape index (κ2) is 45.6. The molecule has 1 aromatic heterocycles. The number of nitrogens with zero attached hydrogens (tertiary/aromatic N) is 3. The molecule has 113 heavy (non-hydrogen) atoms. The van der Waals surface area contributed by atoms with E-state index >= 15 is 0 Å². The molecule has 13 aromatic rings. The summed E-state index contributed by atoms with van der Waals surface area (Å²) < 4.78 is 2.11. The van der Waals surface area contributed by atoms with Crippen LogP contribution in [-0.4, -0.2) is 51.9 Å². The van der Waals surface area contributed by atoms with Gasteiger partial charge in [0, 0.05) is 109 Å². The Morgan fingerprint density at radius 2 is 0.664 bits per heavy atom. The molecule has 17 heteroatoms. The molecular formula is C96H82Br3ClMgN4O2S6. The molecule has 0 fully saturated rings. The minimum atomic E-state index is -0.944. The fraction of sp³-hybridized carbons (Fsp3) is 0.104. The van der Waals surface area contributed by atoms with Gasteiger partial charge < -0.3 is 27.8 Å². The van der Waals surface area contributed by atoms with Gasteiger partial charge in [0.05, 0.1) is 0 Å². The van der Waals surface area contributed by atoms with Crippen LogP contribution in [0.4, 0.5) is 0 Å². The molecule has 0 unspecified atom stereocenters. The molecular weight excluding hydrogens is 1730 g/mol. The molecule has 0 saturated carbocycles. The molecule has 6 nitrogen and oxygen atoms in total. The molecule has 3 N–H and O–H groups in total. The van der Waals surface area contributed by atoms with Gasteiger partial charge in [-0.2, -0.15) is 0 Å². The van der Waals surface area contributed by atoms with Crippen molar-refractivity contribution in [2.45, 2.75) is 86.7 Å². The van der Waals surface area contributed by atoms with Crippen molar-refractivity contribution in [3.05, 3.63) is 424 Å². The summed E-state index contributed by atoms with van der Waals surface area (Å²) in [5.41, 5.74) is 31.1. The first-order valence-electron chi connectivity index (χ1n) is 36.2. The fourth-order valence-electron chi connectivity index (χ4n) is 13.3. The molecule has 5 aliphatic rings. The Labute approximate surface area is 739 Å². The minimum absolute atomic E-state index is 0. The molecule has 564 valence electrons. The van der Waals surface area contributed by atoms with E-state index < -0.39 is 5.60 Å². The summed E-state index contributed by atoms with van der Waals surface area (Å²) in [4.78, 5) is 27.8. The third-order valence-corrected chi connectivity index (χ3v) is 26.0. The molecule has 0 atom stereocenters. The first-order valence-corrected chi connectivity index (χ1v) is 43.4. The topological polar surface area (TPSA) is 112 Å². The van der Waals surface area contributed by atoms with Crippen LogP contribution >= 0.6 is 114 Å². The van der Waals surface area contributed by atoms with E-state index in [0.29, 0.717) is 19.5 Å². The minimum Gasteiger partial charge on any atom is -1.00 e. The normalized spacial score (nSPS) is 12.3. The van der Waals surface area contributed by atoms with Crippen LogP contribution in [0.5, 0.6) is 0 Å². The van der Waals surface area contributed by atoms with Crippen molar-refractivity contribution >= 4 is 180 Å². The maximum Gasteiger partial charge on any atom is 2.00 e. The van der Waals surface area contributed by atoms with E-state index in [2.05, 4.69) is 293 Å². The van der Waals surface area contributed by atoms with Gasteiger partial charge in [-0.1, -0.05) is 332 Å². The van der Waals surface area contributed by atoms with Crippen molar-refractivity contribution < 1.29 is 22.1 Å². The Kier molecular flexibility index (Phi) is 36.0. The molecule has 0 spiro atoms. The van der Waals surface area contributed by atoms with E-state index in [1.54, 1.807) is 29.2 Å². The van der Waals surface area contributed by atoms with Crippen LogP contribution in [0.25, 0.3) is 52.9 Å². The van der Waals surface area contributed by atoms with Crippen LogP contribution in [0.2, 0.25) is 0 Å². The van der Waals surface area contributed by atoms with Crippen LogP contribution in [-0.2, 0) is 5.60 Å². The zero-order valence-electron chi connectivity index (χ0n) is 62.1. The first kappa shape index (κ1) is 89.3. The van der Waals surface area contributed by atoms with Gasteiger partial charge in [0.1, 0.15) is 5.60 Å². The van der Waals surface area contributed by atoms with Gasteiger partial charge in [0.2, 0.25) is 0 Å². The maximum absolute atomic E-state index is 12.1. The Balaban J connectivity index is 0.000000154. The van der Waals surface area contributed by atoms with Gasteiger partial charge in [-0.05, 0) is 189 Å². The number of alkyl halides is 2. The van der Waals surface area contributed by atoms with E-state index in [1.807, 2.05) is 132 Å². The van der Waals surface area contributed by atoms with Gasteiger partial charge >= 0.3 is 23.1 Å². The molecule has 6 heterocycles. The fourth-order valence-corrected chi connectivity index (χ4v) is 20.5. The number of benzene rings is 12. The van der Waals surface area contributed by atoms with E-state index in [0.717, 1.165) is 77.4 Å². The van der Waals surface area contributed by atoms with Crippen molar-refractivity contribution in [2.24, 2.45) is 10.8 Å². The SMILES string of the molecule is BrCCC=C1c2ccccc2Sc2ccccc21.BrCCC=C1c2ccccc2Sc2ccccc21.C=CCC1(O)c2ccccc2Sc2ccccc21.C=C[CH2-].Cl.NCCC=C1c2ccccc2Sc2ccccc21.O=c1c2ccccc2sc2ccccc12.[Br-].[Mg+2].[N-]=[N+]=NCCC=C1c2ccccc2Sc2ccccc21. The number of allylic oxidation sites excluding steroid dienone is 3. The zero-order valence-corrected chi connectivity index (χ0v) is 74.0. The number of aliphatic hydroxyl groups is 1. The standard InChI is InChI=1S/2C16H13BrS.C16H13N3S.C16H15NS.C16H14OS.C13H8OS.C3H5.BrH.ClH.Mg/c2*17-11-5-8-12-13-6-1-3-9-15(13)18-16-10-4-2-7-14(12)16;17-19-18-11-5-8-12-13-6-1-3-9-15(13)20-16-10-4-2-7-14(12)16;17-11-5-8-12-13-6-1-3-9-15(13)18-16-10-4-2-7-14(12)16;1-2-11-16(17)12-7-3-5-9-14(12)18-15-10-6-4-8-13(15)16;14-13-9-5-1-3-7-11(9)15-12-8-4-2-6-10(12)13;1-3-2;;;/h2*1-4,6-10H,5,11H2;1-4,6-10H,5,11H2;1-4,6-10H,5,11,17H2;2-10,17H,1,11H2;1-8H;3H,1-2H2;2*1H;/q;;;;;;-1;;;+2/p-1. The molecule has 0 amide bonds. The van der Waals surface area contributed by atoms with Gasteiger partial charge in [0.15, 0.2) is 5.43 Å². The molecule has 18 rings (SSSR count). The Bertz CT molecular complexity index is 5130. The van der Waals surface area contributed by atoms with Crippen LogP contribution in [0.3, 0.4) is 0 Å². The molecule has 0 bridgehead atoms. The zero-order chi connectivity index (χ0) is 76.4. The molecule has 12 aromatic carbocycles. The van der Waals surface area contributed by atoms with E-state index in [9.17, 15) is 9.90 Å². The third kappa shape index (κ3) is 22.1. The summed E-state index contributed by atoms with van der Waals surface area (Å²) in [6.07, 6.45) is 16.7. The van der Waals surface area contributed by atoms with E-state index in [4.69, 9.17) is 11.3 Å². The van der Waals surface area contributed by atoms with E-state index in [1.165, 1.54) is 112 Å². The predicted octanol–water partition coefficient (Wildman–Crippen LogP) is 25.4. The van der Waals surface area contributed by atoms with Crippen LogP contribution < -0.4 is 28.1 Å².